The van der Waals surface area contributed by atoms with Crippen molar-refractivity contribution in [2.24, 2.45) is 0 Å². The van der Waals surface area contributed by atoms with Crippen LogP contribution in [0.5, 0.6) is 0 Å². The molecule has 1 saturated heterocycles. The third-order valence-electron chi connectivity index (χ3n) is 18.8. The van der Waals surface area contributed by atoms with Crippen molar-refractivity contribution in [1.82, 2.24) is 37.9 Å². The number of rotatable bonds is 6. The number of fused-ring (bicyclic) bond motifs is 18. The molecule has 1 aliphatic rings. The molecule has 0 aliphatic carbocycles. The predicted molar refractivity (Wildman–Crippen MR) is 391 cm³/mol. The first kappa shape index (κ1) is 56.9. The zero-order valence-electron chi connectivity index (χ0n) is 52.1. The Labute approximate surface area is 550 Å². The number of nitrogens with zero attached hydrogens (tertiary/aromatic N) is 8. The van der Waals surface area contributed by atoms with E-state index in [1.807, 2.05) is 42.5 Å². The lowest BCUT2D eigenvalue weighted by atomic mass is 9.78. The van der Waals surface area contributed by atoms with Crippen LogP contribution in [0, 0.1) is 0 Å². The lowest BCUT2D eigenvalue weighted by Gasteiger charge is -2.32. The fourth-order valence-corrected chi connectivity index (χ4v) is 13.7. The van der Waals surface area contributed by atoms with Crippen molar-refractivity contribution in [3.05, 3.63) is 296 Å². The van der Waals surface area contributed by atoms with Gasteiger partial charge in [0.25, 0.3) is 0 Å². The van der Waals surface area contributed by atoms with Crippen LogP contribution >= 0.6 is 15.9 Å². The van der Waals surface area contributed by atoms with Gasteiger partial charge in [0.15, 0.2) is 0 Å². The van der Waals surface area contributed by atoms with Crippen LogP contribution in [-0.4, -0.2) is 56.2 Å². The Bertz CT molecular complexity index is 5940. The molecule has 10 nitrogen and oxygen atoms in total. The lowest BCUT2D eigenvalue weighted by molar-refractivity contribution is 0.00578. The first-order valence-electron chi connectivity index (χ1n) is 31.7. The number of para-hydroxylation sites is 10. The van der Waals surface area contributed by atoms with Crippen LogP contribution in [0.2, 0.25) is 0 Å². The number of benzene rings is 12. The van der Waals surface area contributed by atoms with Gasteiger partial charge in [0.1, 0.15) is 22.9 Å². The Morgan fingerprint density at radius 3 is 1.15 bits per heavy atom. The van der Waals surface area contributed by atoms with E-state index in [1.165, 1.54) is 32.7 Å². The van der Waals surface area contributed by atoms with Gasteiger partial charge in [-0.2, -0.15) is 0 Å². The molecule has 12 heteroatoms. The van der Waals surface area contributed by atoms with Crippen molar-refractivity contribution in [2.75, 3.05) is 0 Å². The summed E-state index contributed by atoms with van der Waals surface area (Å²) in [6, 6.07) is 101. The van der Waals surface area contributed by atoms with Gasteiger partial charge in [-0.15, -0.1) is 0 Å². The van der Waals surface area contributed by atoms with E-state index < -0.39 is 0 Å². The minimum Gasteiger partial charge on any atom is -0.399 e. The summed E-state index contributed by atoms with van der Waals surface area (Å²) in [7, 11) is -0.381. The number of pyridine rings is 2. The Hall–Kier alpha value is -11.0. The number of aromatic nitrogens is 8. The molecule has 0 spiro atoms. The van der Waals surface area contributed by atoms with Gasteiger partial charge in [0, 0.05) is 48.5 Å². The molecule has 0 radical (unpaired) electrons. The number of imidazole rings is 4. The summed E-state index contributed by atoms with van der Waals surface area (Å²) in [6.45, 7) is 8.35. The third-order valence-corrected chi connectivity index (χ3v) is 19.3. The van der Waals surface area contributed by atoms with Gasteiger partial charge in [-0.05, 0) is 158 Å². The molecule has 1 aliphatic heterocycles. The van der Waals surface area contributed by atoms with Crippen LogP contribution in [0.1, 0.15) is 27.7 Å². The van der Waals surface area contributed by atoms with Gasteiger partial charge >= 0.3 is 7.12 Å². The fourth-order valence-electron chi connectivity index (χ4n) is 13.5. The van der Waals surface area contributed by atoms with Crippen LogP contribution < -0.4 is 5.46 Å². The topological polar surface area (TPSA) is 88.7 Å². The quantitative estimate of drug-likeness (QED) is 0.122. The minimum absolute atomic E-state index is 0.362. The molecule has 0 N–H and O–H groups in total. The molecule has 18 aromatic rings. The maximum absolute atomic E-state index is 6.31. The highest BCUT2D eigenvalue weighted by molar-refractivity contribution is 9.10. The summed E-state index contributed by atoms with van der Waals surface area (Å²) < 4.78 is 22.7. The second-order valence-electron chi connectivity index (χ2n) is 25.0. The Balaban J connectivity index is 0.000000113. The lowest BCUT2D eigenvalue weighted by Crippen LogP contribution is -2.41. The van der Waals surface area contributed by atoms with Crippen LogP contribution in [-0.2, 0) is 9.31 Å². The van der Waals surface area contributed by atoms with E-state index >= 15 is 0 Å². The molecule has 450 valence electrons. The molecule has 6 aromatic heterocycles. The third kappa shape index (κ3) is 9.63. The molecular formula is C82H60BBrN8O2. The summed E-state index contributed by atoms with van der Waals surface area (Å²) in [5.41, 5.74) is 19.8. The van der Waals surface area contributed by atoms with Crippen LogP contribution in [0.3, 0.4) is 0 Å². The van der Waals surface area contributed by atoms with E-state index in [9.17, 15) is 0 Å². The monoisotopic (exact) mass is 1280 g/mol. The zero-order chi connectivity index (χ0) is 63.2. The summed E-state index contributed by atoms with van der Waals surface area (Å²) in [5, 5.41) is 7.10. The van der Waals surface area contributed by atoms with E-state index in [1.54, 1.807) is 0 Å². The maximum Gasteiger partial charge on any atom is 0.494 e. The van der Waals surface area contributed by atoms with Gasteiger partial charge < -0.3 is 9.31 Å². The highest BCUT2D eigenvalue weighted by atomic mass is 79.9. The normalized spacial score (nSPS) is 13.6. The molecule has 0 unspecified atom stereocenters. The minimum atomic E-state index is -0.381. The van der Waals surface area contributed by atoms with Gasteiger partial charge in [-0.3, -0.25) is 17.9 Å². The van der Waals surface area contributed by atoms with E-state index in [4.69, 9.17) is 29.2 Å². The Morgan fingerprint density at radius 1 is 0.309 bits per heavy atom. The predicted octanol–water partition coefficient (Wildman–Crippen LogP) is 20.0. The Kier molecular flexibility index (Phi) is 13.7. The second kappa shape index (κ2) is 22.7. The number of halogens is 1. The van der Waals surface area contributed by atoms with Gasteiger partial charge in [0.2, 0.25) is 0 Å². The largest absolute Gasteiger partial charge is 0.494 e. The highest BCUT2D eigenvalue weighted by Gasteiger charge is 2.51. The molecule has 12 aromatic carbocycles. The molecule has 94 heavy (non-hydrogen) atoms. The van der Waals surface area contributed by atoms with Crippen molar-refractivity contribution < 1.29 is 9.31 Å². The smallest absolute Gasteiger partial charge is 0.399 e. The summed E-state index contributed by atoms with van der Waals surface area (Å²) in [6.07, 6.45) is 0. The SMILES string of the molecule is Brc1ccc(-c2nc3ccccc3n2-c2ccccc2)cc1.CC1(C)OB(c2ccc3c(c2)c2ccccc2c2nc4ccccc4n32)OC1(C)C.c1ccc(-n2c(-c3ccc(-c4ccc5c(c4)c4ccccc4c4nc6ccccc6n54)cc3)nc3ccccc32)cc1. The van der Waals surface area contributed by atoms with E-state index in [2.05, 4.69) is 310 Å². The molecule has 1 fully saturated rings. The van der Waals surface area contributed by atoms with Gasteiger partial charge in [-0.1, -0.05) is 204 Å². The molecule has 7 heterocycles. The molecule has 0 bridgehead atoms. The van der Waals surface area contributed by atoms with Gasteiger partial charge in [-0.25, -0.2) is 19.9 Å². The second-order valence-corrected chi connectivity index (χ2v) is 25.9. The van der Waals surface area contributed by atoms with Crippen LogP contribution in [0.4, 0.5) is 0 Å². The number of hydrogen-bond donors (Lipinski definition) is 0. The van der Waals surface area contributed by atoms with Crippen molar-refractivity contribution in [3.63, 3.8) is 0 Å². The summed E-state index contributed by atoms with van der Waals surface area (Å²) in [5.74, 6) is 1.90. The average Bonchev–Trinajstić information content (AvgIpc) is 1.50. The summed E-state index contributed by atoms with van der Waals surface area (Å²) in [4.78, 5) is 19.8. The van der Waals surface area contributed by atoms with E-state index in [0.29, 0.717) is 0 Å². The Morgan fingerprint density at radius 2 is 0.670 bits per heavy atom. The standard InChI is InChI=1S/C38H24N4.C25H23BN2O2.C19H13BrN2/c1-2-10-28(11-3-1)41-35-16-8-6-14-32(35)39-37(41)26-20-18-25(19-21-26)27-22-23-34-31(24-27)29-12-4-5-13-30(29)38-40-33-15-7-9-17-36(33)42(34)38;1-24(2)25(3,4)30-26(29-24)16-13-14-21-19(15-16)17-9-5-6-10-18(17)23-27-20-11-7-8-12-22(20)28(21)23;20-15-12-10-14(11-13-15)19-21-17-8-4-5-9-18(17)22(19)16-6-2-1-3-7-16/h1-24H;5-15H,1-4H3;1-13H. The number of hydrogen-bond acceptors (Lipinski definition) is 6. The highest BCUT2D eigenvalue weighted by Crippen LogP contribution is 2.40. The molecular weight excluding hydrogens is 1220 g/mol. The fraction of sp³-hybridized carbons (Fsp3) is 0.0732. The van der Waals surface area contributed by atoms with Crippen molar-refractivity contribution >= 4 is 127 Å². The van der Waals surface area contributed by atoms with Gasteiger partial charge in [0.05, 0.1) is 66.4 Å². The zero-order valence-corrected chi connectivity index (χ0v) is 53.6. The summed E-state index contributed by atoms with van der Waals surface area (Å²) >= 11 is 3.49. The van der Waals surface area contributed by atoms with E-state index in [-0.39, 0.29) is 18.3 Å². The molecule has 19 rings (SSSR count). The van der Waals surface area contributed by atoms with E-state index in [0.717, 1.165) is 121 Å². The van der Waals surface area contributed by atoms with Crippen LogP contribution in [0.15, 0.2) is 296 Å². The van der Waals surface area contributed by atoms with Crippen molar-refractivity contribution in [3.8, 4) is 45.3 Å². The molecule has 0 amide bonds. The molecule has 0 atom stereocenters. The maximum atomic E-state index is 6.31. The van der Waals surface area contributed by atoms with Crippen molar-refractivity contribution in [2.45, 2.75) is 38.9 Å². The molecule has 0 saturated carbocycles. The van der Waals surface area contributed by atoms with Crippen molar-refractivity contribution in [1.29, 1.82) is 0 Å². The first-order valence-corrected chi connectivity index (χ1v) is 32.5. The average molecular weight is 1280 g/mol. The first-order chi connectivity index (χ1) is 46.0. The van der Waals surface area contributed by atoms with Crippen LogP contribution in [0.25, 0.3) is 144 Å².